The van der Waals surface area contributed by atoms with Gasteiger partial charge in [0.05, 0.1) is 45.5 Å². The van der Waals surface area contributed by atoms with Crippen molar-refractivity contribution in [2.75, 3.05) is 0 Å². The predicted octanol–water partition coefficient (Wildman–Crippen LogP) is 5.80. The fourth-order valence-electron chi connectivity index (χ4n) is 10.3. The lowest BCUT2D eigenvalue weighted by Crippen LogP contribution is -2.43. The second kappa shape index (κ2) is 16.3. The first-order valence-electron chi connectivity index (χ1n) is 21.8. The highest BCUT2D eigenvalue weighted by atomic mass is 32.3. The summed E-state index contributed by atoms with van der Waals surface area (Å²) < 4.78 is 158. The third-order valence-electron chi connectivity index (χ3n) is 13.0. The number of hydrogen-bond donors (Lipinski definition) is 7. The molecule has 8 aromatic carbocycles. The van der Waals surface area contributed by atoms with Crippen molar-refractivity contribution in [3.8, 4) is 28.5 Å². The topological polar surface area (TPSA) is 349 Å². The summed E-state index contributed by atoms with van der Waals surface area (Å²) in [5, 5.41) is 5.68. The van der Waals surface area contributed by atoms with Gasteiger partial charge < -0.3 is 32.0 Å². The van der Waals surface area contributed by atoms with Gasteiger partial charge in [-0.1, -0.05) is 60.7 Å². The molecular weight excluding hydrogens is 1060 g/mol. The Bertz CT molecular complexity index is 4980. The van der Waals surface area contributed by atoms with Crippen molar-refractivity contribution in [2.45, 2.75) is 12.8 Å². The molecule has 0 atom stereocenters. The van der Waals surface area contributed by atoms with Crippen LogP contribution in [0.1, 0.15) is 32.7 Å². The van der Waals surface area contributed by atoms with Crippen molar-refractivity contribution >= 4 is 146 Å². The number of nitrogens with one attached hydrogen (secondary N) is 3. The van der Waals surface area contributed by atoms with E-state index in [-0.39, 0.29) is 71.5 Å². The number of Topliss-reactive ketones (excluding diaryl/α,β-unsaturated/α-hetero) is 2. The van der Waals surface area contributed by atoms with E-state index in [9.17, 15) is 66.3 Å². The highest BCUT2D eigenvalue weighted by Crippen LogP contribution is 2.54. The monoisotopic (exact) mass is 1090 g/mol. The van der Waals surface area contributed by atoms with Crippen molar-refractivity contribution in [3.63, 3.8) is 0 Å². The molecule has 2 aliphatic rings. The van der Waals surface area contributed by atoms with Crippen LogP contribution >= 0.6 is 0 Å². The standard InChI is InChI=1S/C49H29N3O19S4/c53-35-19-34-39(48(71-75(65,66)67)27-9-5-4-8-26(27)47(34)70-74(62,63)64)46-40(35)41-38-28-13-11-23-16-31-30(37(69-73(59,60)61)20-36(54)43(31)52-49(55)21-6-2-1-3-7-21)18-29(23)42(28)50-44(38)33-17-24-14-25(68-72(56,57)58)12-10-22(24)15-32(33)45(41)51-46/h1-18,50-51H,19-20H2,(H,52,55)(H,56,57,58)(H,59,60,61)(H,62,63,64)(H,65,66,67). The van der Waals surface area contributed by atoms with Gasteiger partial charge in [-0.15, -0.1) is 0 Å². The van der Waals surface area contributed by atoms with Crippen LogP contribution in [-0.2, 0) is 57.0 Å². The van der Waals surface area contributed by atoms with Gasteiger partial charge in [0.1, 0.15) is 11.5 Å². The third-order valence-corrected chi connectivity index (χ3v) is 14.5. The van der Waals surface area contributed by atoms with Crippen LogP contribution in [0, 0.1) is 0 Å². The second-order valence-electron chi connectivity index (χ2n) is 17.4. The second-order valence-corrected chi connectivity index (χ2v) is 21.5. The van der Waals surface area contributed by atoms with Gasteiger partial charge in [0.25, 0.3) is 5.91 Å². The average molecular weight is 1090 g/mol. The molecule has 378 valence electrons. The van der Waals surface area contributed by atoms with Crippen LogP contribution in [0.2, 0.25) is 0 Å². The molecular formula is C49H29N3O19S4. The molecule has 0 bridgehead atoms. The van der Waals surface area contributed by atoms with Gasteiger partial charge in [-0.05, 0) is 64.7 Å². The molecule has 0 unspecified atom stereocenters. The number of aromatic amines is 2. The molecule has 0 spiro atoms. The van der Waals surface area contributed by atoms with Crippen molar-refractivity contribution in [1.82, 2.24) is 15.3 Å². The smallest absolute Gasteiger partial charge is 0.365 e. The Balaban J connectivity index is 1.23. The summed E-state index contributed by atoms with van der Waals surface area (Å²) >= 11 is 0. The SMILES string of the molecule is O=C1CC(OS(=O)(=O)O)=c2cc3c(ccc4c3[nH]c3c5cc6cc(OS(=O)(=O)O)ccc6cc5c5[nH]c6c(c5c43)C(=O)Cc3c-6c(OS(=O)(=O)O)c4ccccc4c3OS(=O)(=O)O)cc2=C1NC(=O)c1ccccc1. The minimum Gasteiger partial charge on any atom is -0.365 e. The number of hydrogen-bond acceptors (Lipinski definition) is 15. The minimum atomic E-state index is -5.37. The molecule has 2 aromatic heterocycles. The Kier molecular flexibility index (Phi) is 10.3. The molecule has 0 radical (unpaired) electrons. The summed E-state index contributed by atoms with van der Waals surface area (Å²) in [7, 11) is -20.9. The highest BCUT2D eigenvalue weighted by Gasteiger charge is 2.38. The molecule has 75 heavy (non-hydrogen) atoms. The first kappa shape index (κ1) is 47.5. The lowest BCUT2D eigenvalue weighted by atomic mass is 9.84. The molecule has 0 saturated heterocycles. The molecule has 0 fully saturated rings. The third kappa shape index (κ3) is 8.12. The lowest BCUT2D eigenvalue weighted by Gasteiger charge is -2.23. The first-order chi connectivity index (χ1) is 35.4. The van der Waals surface area contributed by atoms with Gasteiger partial charge in [-0.25, -0.2) is 0 Å². The summed E-state index contributed by atoms with van der Waals surface area (Å²) in [5.41, 5.74) is 0.152. The van der Waals surface area contributed by atoms with E-state index >= 15 is 0 Å². The molecule has 26 heteroatoms. The van der Waals surface area contributed by atoms with E-state index in [1.54, 1.807) is 42.5 Å². The number of ketones is 2. The fraction of sp³-hybridized carbons (Fsp3) is 0.0408. The molecule has 22 nitrogen and oxygen atoms in total. The molecule has 0 aliphatic heterocycles. The van der Waals surface area contributed by atoms with E-state index in [1.165, 1.54) is 66.7 Å². The average Bonchev–Trinajstić information content (AvgIpc) is 3.99. The van der Waals surface area contributed by atoms with Gasteiger partial charge in [0.2, 0.25) is 0 Å². The largest absolute Gasteiger partial charge is 0.446 e. The molecule has 12 rings (SSSR count). The number of benzene rings is 8. The fourth-order valence-corrected chi connectivity index (χ4v) is 11.8. The summed E-state index contributed by atoms with van der Waals surface area (Å²) in [6.07, 6.45) is -1.41. The van der Waals surface area contributed by atoms with Crippen LogP contribution in [0.25, 0.3) is 98.5 Å². The van der Waals surface area contributed by atoms with Crippen molar-refractivity contribution < 1.29 is 83.0 Å². The van der Waals surface area contributed by atoms with E-state index in [0.29, 0.717) is 54.1 Å². The summed E-state index contributed by atoms with van der Waals surface area (Å²) in [4.78, 5) is 48.9. The van der Waals surface area contributed by atoms with E-state index < -0.39 is 89.2 Å². The van der Waals surface area contributed by atoms with Crippen molar-refractivity contribution in [3.05, 3.63) is 136 Å². The first-order valence-corrected chi connectivity index (χ1v) is 27.2. The Hall–Kier alpha value is -8.47. The predicted molar refractivity (Wildman–Crippen MR) is 270 cm³/mol. The van der Waals surface area contributed by atoms with Gasteiger partial charge >= 0.3 is 41.6 Å². The summed E-state index contributed by atoms with van der Waals surface area (Å²) in [6.45, 7) is 0. The normalized spacial score (nSPS) is 14.2. The molecule has 10 aromatic rings. The van der Waals surface area contributed by atoms with Crippen molar-refractivity contribution in [1.29, 1.82) is 0 Å². The maximum atomic E-state index is 15.0. The minimum absolute atomic E-state index is 0.0195. The number of amides is 1. The maximum Gasteiger partial charge on any atom is 0.446 e. The molecule has 0 saturated carbocycles. The Labute approximate surface area is 420 Å². The zero-order chi connectivity index (χ0) is 52.8. The number of carbonyl (C=O) groups is 3. The van der Waals surface area contributed by atoms with Gasteiger partial charge in [-0.2, -0.15) is 33.7 Å². The quantitative estimate of drug-likeness (QED) is 0.0628. The van der Waals surface area contributed by atoms with Crippen LogP contribution in [0.15, 0.2) is 109 Å². The molecule has 2 aliphatic carbocycles. The van der Waals surface area contributed by atoms with Crippen LogP contribution in [-0.4, -0.2) is 79.3 Å². The van der Waals surface area contributed by atoms with E-state index in [1.807, 2.05) is 0 Å². The zero-order valence-electron chi connectivity index (χ0n) is 37.4. The van der Waals surface area contributed by atoms with Crippen LogP contribution in [0.4, 0.5) is 0 Å². The van der Waals surface area contributed by atoms with Crippen LogP contribution in [0.5, 0.6) is 17.2 Å². The Morgan fingerprint density at radius 2 is 1.11 bits per heavy atom. The van der Waals surface area contributed by atoms with Gasteiger partial charge in [0.15, 0.2) is 23.1 Å². The number of aromatic nitrogens is 2. The van der Waals surface area contributed by atoms with Crippen LogP contribution < -0.4 is 28.3 Å². The summed E-state index contributed by atoms with van der Waals surface area (Å²) in [5.74, 6) is -3.93. The number of H-pyrrole nitrogens is 2. The Morgan fingerprint density at radius 1 is 0.493 bits per heavy atom. The number of rotatable bonds is 10. The lowest BCUT2D eigenvalue weighted by molar-refractivity contribution is -0.113. The van der Waals surface area contributed by atoms with Gasteiger partial charge in [-0.3, -0.25) is 32.6 Å². The van der Waals surface area contributed by atoms with Gasteiger partial charge in [0, 0.05) is 71.1 Å². The highest BCUT2D eigenvalue weighted by molar-refractivity contribution is 7.82. The number of fused-ring (bicyclic) bond motifs is 17. The zero-order valence-corrected chi connectivity index (χ0v) is 40.6. The summed E-state index contributed by atoms with van der Waals surface area (Å²) in [6, 6.07) is 27.2. The van der Waals surface area contributed by atoms with Crippen LogP contribution in [0.3, 0.4) is 0 Å². The van der Waals surface area contributed by atoms with Crippen molar-refractivity contribution in [2.24, 2.45) is 0 Å². The molecule has 1 amide bonds. The van der Waals surface area contributed by atoms with E-state index in [0.717, 1.165) is 0 Å². The van der Waals surface area contributed by atoms with E-state index in [2.05, 4.69) is 15.3 Å². The maximum absolute atomic E-state index is 15.0. The number of carbonyl (C=O) groups excluding carboxylic acids is 3. The molecule has 7 N–H and O–H groups in total. The molecule has 2 heterocycles. The Morgan fingerprint density at radius 3 is 1.79 bits per heavy atom. The van der Waals surface area contributed by atoms with E-state index in [4.69, 9.17) is 16.7 Å².